The molecule has 130 valence electrons. The van der Waals surface area contributed by atoms with Gasteiger partial charge in [-0.15, -0.1) is 0 Å². The first-order chi connectivity index (χ1) is 12.7. The number of nitrogens with one attached hydrogen (secondary N) is 2. The van der Waals surface area contributed by atoms with Crippen LogP contribution in [0.2, 0.25) is 0 Å². The second kappa shape index (κ2) is 6.40. The van der Waals surface area contributed by atoms with E-state index in [2.05, 4.69) is 15.3 Å². The SMILES string of the molecule is COc1ccc(C2=CC(c3ccccc3)c3c(nc(N)[nH]c3=O)N2)cc1. The van der Waals surface area contributed by atoms with Gasteiger partial charge in [-0.25, -0.2) is 0 Å². The van der Waals surface area contributed by atoms with E-state index in [-0.39, 0.29) is 17.4 Å². The fourth-order valence-corrected chi connectivity index (χ4v) is 3.17. The molecule has 1 atom stereocenters. The van der Waals surface area contributed by atoms with Crippen molar-refractivity contribution in [3.05, 3.63) is 87.7 Å². The van der Waals surface area contributed by atoms with Crippen LogP contribution in [0.15, 0.2) is 65.5 Å². The lowest BCUT2D eigenvalue weighted by Crippen LogP contribution is -2.25. The van der Waals surface area contributed by atoms with Gasteiger partial charge in [0, 0.05) is 11.6 Å². The predicted octanol–water partition coefficient (Wildman–Crippen LogP) is 2.96. The van der Waals surface area contributed by atoms with Crippen LogP contribution < -0.4 is 21.3 Å². The Bertz CT molecular complexity index is 1020. The van der Waals surface area contributed by atoms with Crippen LogP contribution in [-0.2, 0) is 0 Å². The summed E-state index contributed by atoms with van der Waals surface area (Å²) in [6.45, 7) is 0. The van der Waals surface area contributed by atoms with E-state index in [0.29, 0.717) is 11.4 Å². The van der Waals surface area contributed by atoms with E-state index in [9.17, 15) is 4.79 Å². The quantitative estimate of drug-likeness (QED) is 0.678. The lowest BCUT2D eigenvalue weighted by atomic mass is 9.88. The molecule has 4 N–H and O–H groups in total. The summed E-state index contributed by atoms with van der Waals surface area (Å²) in [6, 6.07) is 17.6. The number of hydrogen-bond acceptors (Lipinski definition) is 5. The first-order valence-corrected chi connectivity index (χ1v) is 8.23. The van der Waals surface area contributed by atoms with Crippen molar-refractivity contribution in [1.82, 2.24) is 9.97 Å². The highest BCUT2D eigenvalue weighted by atomic mass is 16.5. The number of nitrogens with two attached hydrogens (primary N) is 1. The lowest BCUT2D eigenvalue weighted by Gasteiger charge is -2.25. The maximum Gasteiger partial charge on any atom is 0.258 e. The minimum Gasteiger partial charge on any atom is -0.497 e. The van der Waals surface area contributed by atoms with Gasteiger partial charge in [0.2, 0.25) is 5.95 Å². The predicted molar refractivity (Wildman–Crippen MR) is 102 cm³/mol. The van der Waals surface area contributed by atoms with Crippen LogP contribution in [0.4, 0.5) is 11.8 Å². The molecule has 1 aliphatic heterocycles. The summed E-state index contributed by atoms with van der Waals surface area (Å²) in [5.74, 6) is 1.13. The molecule has 0 saturated carbocycles. The normalized spacial score (nSPS) is 15.6. The Hall–Kier alpha value is -3.54. The van der Waals surface area contributed by atoms with E-state index >= 15 is 0 Å². The van der Waals surface area contributed by atoms with E-state index in [0.717, 1.165) is 22.6 Å². The molecule has 1 unspecified atom stereocenters. The highest BCUT2D eigenvalue weighted by molar-refractivity contribution is 5.81. The van der Waals surface area contributed by atoms with E-state index < -0.39 is 0 Å². The Labute approximate surface area is 150 Å². The summed E-state index contributed by atoms with van der Waals surface area (Å²) in [6.07, 6.45) is 2.03. The zero-order valence-electron chi connectivity index (χ0n) is 14.2. The number of aromatic amines is 1. The molecule has 0 amide bonds. The molecule has 3 aromatic rings. The highest BCUT2D eigenvalue weighted by Gasteiger charge is 2.26. The maximum absolute atomic E-state index is 12.5. The molecule has 6 heteroatoms. The number of benzene rings is 2. The molecular formula is C20H18N4O2. The Morgan fingerprint density at radius 3 is 2.50 bits per heavy atom. The van der Waals surface area contributed by atoms with Gasteiger partial charge in [-0.05, 0) is 41.5 Å². The lowest BCUT2D eigenvalue weighted by molar-refractivity contribution is 0.415. The average Bonchev–Trinajstić information content (AvgIpc) is 2.67. The molecule has 1 aromatic heterocycles. The molecule has 0 bridgehead atoms. The Morgan fingerprint density at radius 2 is 1.81 bits per heavy atom. The summed E-state index contributed by atoms with van der Waals surface area (Å²) >= 11 is 0. The molecule has 0 fully saturated rings. The molecule has 0 saturated heterocycles. The number of methoxy groups -OCH3 is 1. The molecule has 0 radical (unpaired) electrons. The van der Waals surface area contributed by atoms with Gasteiger partial charge in [-0.1, -0.05) is 30.3 Å². The van der Waals surface area contributed by atoms with Gasteiger partial charge in [-0.3, -0.25) is 9.78 Å². The number of rotatable bonds is 3. The fourth-order valence-electron chi connectivity index (χ4n) is 3.17. The number of anilines is 2. The minimum atomic E-state index is -0.237. The zero-order chi connectivity index (χ0) is 18.1. The van der Waals surface area contributed by atoms with Crippen molar-refractivity contribution in [3.63, 3.8) is 0 Å². The Kier molecular flexibility index (Phi) is 3.93. The monoisotopic (exact) mass is 346 g/mol. The van der Waals surface area contributed by atoms with E-state index in [1.807, 2.05) is 60.7 Å². The van der Waals surface area contributed by atoms with E-state index in [1.54, 1.807) is 7.11 Å². The van der Waals surface area contributed by atoms with Crippen molar-refractivity contribution in [2.75, 3.05) is 18.2 Å². The molecular weight excluding hydrogens is 328 g/mol. The number of nitrogen functional groups attached to an aromatic ring is 1. The van der Waals surface area contributed by atoms with Gasteiger partial charge >= 0.3 is 0 Å². The first kappa shape index (κ1) is 16.0. The number of hydrogen-bond donors (Lipinski definition) is 3. The molecule has 26 heavy (non-hydrogen) atoms. The van der Waals surface area contributed by atoms with Crippen LogP contribution in [0, 0.1) is 0 Å². The standard InChI is InChI=1S/C20H18N4O2/c1-26-14-9-7-13(8-10-14)16-11-15(12-5-3-2-4-6-12)17-18(22-16)23-20(21)24-19(17)25/h2-11,15H,1H3,(H4,21,22,23,24,25). The van der Waals surface area contributed by atoms with Crippen LogP contribution >= 0.6 is 0 Å². The Morgan fingerprint density at radius 1 is 1.08 bits per heavy atom. The van der Waals surface area contributed by atoms with Crippen LogP contribution in [0.1, 0.15) is 22.6 Å². The number of H-pyrrole nitrogens is 1. The smallest absolute Gasteiger partial charge is 0.258 e. The van der Waals surface area contributed by atoms with Crippen molar-refractivity contribution >= 4 is 17.5 Å². The zero-order valence-corrected chi connectivity index (χ0v) is 14.2. The third-order valence-electron chi connectivity index (χ3n) is 4.43. The number of allylic oxidation sites excluding steroid dienone is 1. The number of nitrogens with zero attached hydrogens (tertiary/aromatic N) is 1. The van der Waals surface area contributed by atoms with Gasteiger partial charge in [0.15, 0.2) is 0 Å². The Balaban J connectivity index is 1.86. The number of ether oxygens (including phenoxy) is 1. The third kappa shape index (κ3) is 2.82. The summed E-state index contributed by atoms with van der Waals surface area (Å²) < 4.78 is 5.22. The van der Waals surface area contributed by atoms with Gasteiger partial charge in [-0.2, -0.15) is 4.98 Å². The highest BCUT2D eigenvalue weighted by Crippen LogP contribution is 2.36. The van der Waals surface area contributed by atoms with Crippen LogP contribution in [0.25, 0.3) is 5.70 Å². The summed E-state index contributed by atoms with van der Waals surface area (Å²) in [7, 11) is 1.63. The summed E-state index contributed by atoms with van der Waals surface area (Å²) in [4.78, 5) is 19.4. The summed E-state index contributed by atoms with van der Waals surface area (Å²) in [5.41, 5.74) is 8.92. The van der Waals surface area contributed by atoms with Crippen LogP contribution in [0.5, 0.6) is 5.75 Å². The number of fused-ring (bicyclic) bond motifs is 1. The van der Waals surface area contributed by atoms with Gasteiger partial charge in [0.1, 0.15) is 11.6 Å². The van der Waals surface area contributed by atoms with Crippen molar-refractivity contribution in [3.8, 4) is 5.75 Å². The molecule has 0 spiro atoms. The second-order valence-corrected chi connectivity index (χ2v) is 6.04. The summed E-state index contributed by atoms with van der Waals surface area (Å²) in [5, 5.41) is 3.24. The number of aromatic nitrogens is 2. The topological polar surface area (TPSA) is 93.0 Å². The van der Waals surface area contributed by atoms with E-state index in [4.69, 9.17) is 10.5 Å². The molecule has 2 heterocycles. The maximum atomic E-state index is 12.5. The average molecular weight is 346 g/mol. The van der Waals surface area contributed by atoms with Crippen molar-refractivity contribution < 1.29 is 4.74 Å². The molecule has 6 nitrogen and oxygen atoms in total. The van der Waals surface area contributed by atoms with Crippen molar-refractivity contribution in [2.45, 2.75) is 5.92 Å². The van der Waals surface area contributed by atoms with Gasteiger partial charge in [0.25, 0.3) is 5.56 Å². The second-order valence-electron chi connectivity index (χ2n) is 6.04. The minimum absolute atomic E-state index is 0.0871. The third-order valence-corrected chi connectivity index (χ3v) is 4.43. The first-order valence-electron chi connectivity index (χ1n) is 8.23. The molecule has 2 aromatic carbocycles. The molecule has 0 aliphatic carbocycles. The fraction of sp³-hybridized carbons (Fsp3) is 0.100. The van der Waals surface area contributed by atoms with Crippen LogP contribution in [0.3, 0.4) is 0 Å². The van der Waals surface area contributed by atoms with Gasteiger partial charge < -0.3 is 15.8 Å². The van der Waals surface area contributed by atoms with Crippen LogP contribution in [-0.4, -0.2) is 17.1 Å². The van der Waals surface area contributed by atoms with E-state index in [1.165, 1.54) is 0 Å². The largest absolute Gasteiger partial charge is 0.497 e. The molecule has 4 rings (SSSR count). The van der Waals surface area contributed by atoms with Crippen molar-refractivity contribution in [2.24, 2.45) is 0 Å². The van der Waals surface area contributed by atoms with Crippen molar-refractivity contribution in [1.29, 1.82) is 0 Å². The molecule has 1 aliphatic rings. The van der Waals surface area contributed by atoms with Gasteiger partial charge in [0.05, 0.1) is 12.7 Å².